The molecule has 0 aliphatic heterocycles. The number of rotatable bonds is 5. The predicted octanol–water partition coefficient (Wildman–Crippen LogP) is 0.788. The number of nitrogens with one attached hydrogen (secondary N) is 1. The van der Waals surface area contributed by atoms with Crippen molar-refractivity contribution in [3.8, 4) is 11.5 Å². The van der Waals surface area contributed by atoms with Crippen LogP contribution < -0.4 is 20.5 Å². The third-order valence-corrected chi connectivity index (χ3v) is 3.07. The minimum atomic E-state index is -0.678. The maximum absolute atomic E-state index is 12.3. The molecule has 0 aliphatic carbocycles. The molecule has 0 fully saturated rings. The number of hydrogen-bond acceptors (Lipinski definition) is 5. The van der Waals surface area contributed by atoms with Crippen LogP contribution in [0.3, 0.4) is 0 Å². The Balaban J connectivity index is 2.28. The minimum absolute atomic E-state index is 0.119. The summed E-state index contributed by atoms with van der Waals surface area (Å²) in [7, 11) is 4.55. The van der Waals surface area contributed by atoms with E-state index in [4.69, 9.17) is 15.2 Å². The summed E-state index contributed by atoms with van der Waals surface area (Å²) >= 11 is 0. The second-order valence-electron chi connectivity index (χ2n) is 4.42. The molecule has 0 saturated heterocycles. The summed E-state index contributed by atoms with van der Waals surface area (Å²) in [6.07, 6.45) is 1.36. The highest BCUT2D eigenvalue weighted by Crippen LogP contribution is 2.28. The van der Waals surface area contributed by atoms with Crippen LogP contribution >= 0.6 is 0 Å². The van der Waals surface area contributed by atoms with E-state index in [1.807, 2.05) is 0 Å². The number of carbonyl (C=O) groups excluding carboxylic acids is 2. The van der Waals surface area contributed by atoms with E-state index in [0.29, 0.717) is 17.1 Å². The molecule has 0 saturated carbocycles. The van der Waals surface area contributed by atoms with Crippen LogP contribution in [0.4, 0.5) is 5.69 Å². The summed E-state index contributed by atoms with van der Waals surface area (Å²) in [6.45, 7) is 0. The van der Waals surface area contributed by atoms with E-state index in [9.17, 15) is 9.59 Å². The Morgan fingerprint density at radius 2 is 1.91 bits per heavy atom. The first-order valence-corrected chi connectivity index (χ1v) is 6.33. The number of hydrogen-bond donors (Lipinski definition) is 2. The Morgan fingerprint density at radius 3 is 2.50 bits per heavy atom. The van der Waals surface area contributed by atoms with E-state index in [1.54, 1.807) is 19.2 Å². The molecule has 22 heavy (non-hydrogen) atoms. The van der Waals surface area contributed by atoms with Gasteiger partial charge in [0.1, 0.15) is 5.69 Å². The average molecular weight is 304 g/mol. The predicted molar refractivity (Wildman–Crippen MR) is 79.2 cm³/mol. The van der Waals surface area contributed by atoms with Gasteiger partial charge in [0.25, 0.3) is 11.8 Å². The van der Waals surface area contributed by atoms with Crippen LogP contribution in [0.25, 0.3) is 0 Å². The fraction of sp³-hybridized carbons (Fsp3) is 0.214. The van der Waals surface area contributed by atoms with E-state index < -0.39 is 11.8 Å². The maximum Gasteiger partial charge on any atom is 0.269 e. The average Bonchev–Trinajstić information content (AvgIpc) is 2.87. The molecule has 0 radical (unpaired) electrons. The van der Waals surface area contributed by atoms with Crippen LogP contribution in [-0.4, -0.2) is 35.8 Å². The largest absolute Gasteiger partial charge is 0.493 e. The molecule has 0 aliphatic rings. The summed E-state index contributed by atoms with van der Waals surface area (Å²) in [6, 6.07) is 4.73. The van der Waals surface area contributed by atoms with E-state index >= 15 is 0 Å². The molecule has 2 amide bonds. The summed E-state index contributed by atoms with van der Waals surface area (Å²) in [5, 5.41) is 6.50. The van der Waals surface area contributed by atoms with Gasteiger partial charge in [-0.25, -0.2) is 0 Å². The number of primary amides is 1. The zero-order valence-corrected chi connectivity index (χ0v) is 12.4. The SMILES string of the molecule is COc1ccc(C(=O)Nc2cnn(C)c2C(N)=O)cc1OC. The molecule has 3 N–H and O–H groups in total. The van der Waals surface area contributed by atoms with E-state index in [1.165, 1.54) is 31.2 Å². The van der Waals surface area contributed by atoms with Gasteiger partial charge < -0.3 is 20.5 Å². The lowest BCUT2D eigenvalue weighted by molar-refractivity contribution is 0.0992. The molecule has 116 valence electrons. The molecule has 0 bridgehead atoms. The number of amides is 2. The van der Waals surface area contributed by atoms with Crippen LogP contribution in [-0.2, 0) is 7.05 Å². The van der Waals surface area contributed by atoms with E-state index in [-0.39, 0.29) is 11.4 Å². The van der Waals surface area contributed by atoms with Crippen LogP contribution in [0, 0.1) is 0 Å². The van der Waals surface area contributed by atoms with Gasteiger partial charge in [-0.2, -0.15) is 5.10 Å². The summed E-state index contributed by atoms with van der Waals surface area (Å²) in [5.74, 6) is -0.159. The standard InChI is InChI=1S/C14H16N4O4/c1-18-12(13(15)19)9(7-16-18)17-14(20)8-4-5-10(21-2)11(6-8)22-3/h4-7H,1-3H3,(H2,15,19)(H,17,20). The highest BCUT2D eigenvalue weighted by atomic mass is 16.5. The number of methoxy groups -OCH3 is 2. The van der Waals surface area contributed by atoms with Crippen molar-refractivity contribution in [1.82, 2.24) is 9.78 Å². The van der Waals surface area contributed by atoms with Gasteiger partial charge in [-0.05, 0) is 18.2 Å². The highest BCUT2D eigenvalue weighted by molar-refractivity contribution is 6.08. The lowest BCUT2D eigenvalue weighted by Gasteiger charge is -2.10. The second-order valence-corrected chi connectivity index (χ2v) is 4.42. The van der Waals surface area contributed by atoms with Crippen molar-refractivity contribution < 1.29 is 19.1 Å². The van der Waals surface area contributed by atoms with Gasteiger partial charge in [-0.15, -0.1) is 0 Å². The Hall–Kier alpha value is -3.03. The van der Waals surface area contributed by atoms with Crippen molar-refractivity contribution in [1.29, 1.82) is 0 Å². The van der Waals surface area contributed by atoms with Crippen molar-refractivity contribution in [2.75, 3.05) is 19.5 Å². The van der Waals surface area contributed by atoms with Gasteiger partial charge in [0.05, 0.1) is 26.1 Å². The van der Waals surface area contributed by atoms with Crippen LogP contribution in [0.15, 0.2) is 24.4 Å². The van der Waals surface area contributed by atoms with Gasteiger partial charge in [0.15, 0.2) is 11.5 Å². The van der Waals surface area contributed by atoms with Crippen molar-refractivity contribution >= 4 is 17.5 Å². The zero-order valence-electron chi connectivity index (χ0n) is 12.4. The molecule has 1 heterocycles. The first kappa shape index (κ1) is 15.4. The molecular weight excluding hydrogens is 288 g/mol. The molecule has 0 unspecified atom stereocenters. The van der Waals surface area contributed by atoms with Crippen molar-refractivity contribution in [2.24, 2.45) is 12.8 Å². The van der Waals surface area contributed by atoms with E-state index in [2.05, 4.69) is 10.4 Å². The monoisotopic (exact) mass is 304 g/mol. The number of nitrogens with two attached hydrogens (primary N) is 1. The molecule has 0 spiro atoms. The molecule has 1 aromatic heterocycles. The van der Waals surface area contributed by atoms with Crippen LogP contribution in [0.2, 0.25) is 0 Å². The van der Waals surface area contributed by atoms with E-state index in [0.717, 1.165) is 0 Å². The number of aromatic nitrogens is 2. The van der Waals surface area contributed by atoms with Crippen molar-refractivity contribution in [3.63, 3.8) is 0 Å². The molecule has 2 rings (SSSR count). The van der Waals surface area contributed by atoms with Gasteiger partial charge in [0, 0.05) is 12.6 Å². The molecule has 8 nitrogen and oxygen atoms in total. The highest BCUT2D eigenvalue weighted by Gasteiger charge is 2.17. The zero-order chi connectivity index (χ0) is 16.3. The maximum atomic E-state index is 12.3. The number of aryl methyl sites for hydroxylation is 1. The number of carbonyl (C=O) groups is 2. The normalized spacial score (nSPS) is 10.1. The van der Waals surface area contributed by atoms with Crippen LogP contribution in [0.1, 0.15) is 20.8 Å². The van der Waals surface area contributed by atoms with Gasteiger partial charge in [0.2, 0.25) is 0 Å². The molecule has 0 atom stereocenters. The second kappa shape index (κ2) is 6.17. The first-order chi connectivity index (χ1) is 10.5. The molecular formula is C14H16N4O4. The van der Waals surface area contributed by atoms with Gasteiger partial charge in [-0.3, -0.25) is 14.3 Å². The third-order valence-electron chi connectivity index (χ3n) is 3.07. The van der Waals surface area contributed by atoms with Crippen LogP contribution in [0.5, 0.6) is 11.5 Å². The number of nitrogens with zero attached hydrogens (tertiary/aromatic N) is 2. The van der Waals surface area contributed by atoms with Crippen molar-refractivity contribution in [2.45, 2.75) is 0 Å². The lowest BCUT2D eigenvalue weighted by atomic mass is 10.2. The number of ether oxygens (including phenoxy) is 2. The number of benzene rings is 1. The summed E-state index contributed by atoms with van der Waals surface area (Å²) in [4.78, 5) is 23.6. The fourth-order valence-electron chi connectivity index (χ4n) is 1.99. The first-order valence-electron chi connectivity index (χ1n) is 6.33. The van der Waals surface area contributed by atoms with Gasteiger partial charge >= 0.3 is 0 Å². The minimum Gasteiger partial charge on any atom is -0.493 e. The molecule has 8 heteroatoms. The Kier molecular flexibility index (Phi) is 4.31. The van der Waals surface area contributed by atoms with Crippen molar-refractivity contribution in [3.05, 3.63) is 35.7 Å². The topological polar surface area (TPSA) is 108 Å². The molecule has 2 aromatic rings. The Bertz CT molecular complexity index is 724. The Labute approximate surface area is 126 Å². The van der Waals surface area contributed by atoms with Gasteiger partial charge in [-0.1, -0.05) is 0 Å². The fourth-order valence-corrected chi connectivity index (χ4v) is 1.99. The third kappa shape index (κ3) is 2.85. The quantitative estimate of drug-likeness (QED) is 0.849. The Morgan fingerprint density at radius 1 is 1.23 bits per heavy atom. The summed E-state index contributed by atoms with van der Waals surface area (Å²) < 4.78 is 11.6. The smallest absolute Gasteiger partial charge is 0.269 e. The lowest BCUT2D eigenvalue weighted by Crippen LogP contribution is -2.20. The number of anilines is 1. The summed E-state index contributed by atoms with van der Waals surface area (Å²) in [5.41, 5.74) is 5.98. The molecule has 1 aromatic carbocycles.